The minimum Gasteiger partial charge on any atom is -0.495 e. The van der Waals surface area contributed by atoms with Crippen molar-refractivity contribution in [3.05, 3.63) is 53.5 Å². The molecule has 2 heterocycles. The number of para-hydroxylation sites is 2. The van der Waals surface area contributed by atoms with E-state index in [4.69, 9.17) is 4.74 Å². The van der Waals surface area contributed by atoms with Crippen molar-refractivity contribution in [3.8, 4) is 5.75 Å². The number of amides is 1. The zero-order valence-corrected chi connectivity index (χ0v) is 15.5. The van der Waals surface area contributed by atoms with Crippen LogP contribution in [0, 0.1) is 0 Å². The molecule has 1 amide bonds. The third-order valence-corrected chi connectivity index (χ3v) is 5.64. The van der Waals surface area contributed by atoms with Crippen LogP contribution in [0.15, 0.2) is 48.0 Å². The monoisotopic (exact) mass is 367 g/mol. The lowest BCUT2D eigenvalue weighted by atomic mass is 10.0. The first-order valence-corrected chi connectivity index (χ1v) is 9.64. The predicted molar refractivity (Wildman–Crippen MR) is 105 cm³/mol. The lowest BCUT2D eigenvalue weighted by Gasteiger charge is -2.34. The average molecular weight is 367 g/mol. The topological polar surface area (TPSA) is 54.5 Å². The summed E-state index contributed by atoms with van der Waals surface area (Å²) in [5, 5.41) is 3.18. The van der Waals surface area contributed by atoms with Gasteiger partial charge in [-0.3, -0.25) is 4.79 Å². The Bertz CT molecular complexity index is 916. The van der Waals surface area contributed by atoms with E-state index in [1.807, 2.05) is 36.4 Å². The largest absolute Gasteiger partial charge is 0.495 e. The van der Waals surface area contributed by atoms with E-state index in [0.29, 0.717) is 5.56 Å². The number of carbonyl (C=O) groups excluding carboxylic acids is 1. The molecule has 0 aliphatic carbocycles. The number of benzene rings is 2. The molecule has 2 aromatic carbocycles. The third-order valence-electron chi connectivity index (χ3n) is 4.85. The maximum atomic E-state index is 12.6. The Labute approximate surface area is 156 Å². The maximum absolute atomic E-state index is 12.6. The summed E-state index contributed by atoms with van der Waals surface area (Å²) < 4.78 is 6.51. The number of rotatable bonds is 4. The Balaban J connectivity index is 1.38. The molecule has 1 aliphatic rings. The molecule has 1 aliphatic heterocycles. The van der Waals surface area contributed by atoms with Crippen molar-refractivity contribution in [1.29, 1.82) is 0 Å². The number of methoxy groups -OCH3 is 1. The minimum absolute atomic E-state index is 0.00367. The molecular weight excluding hydrogens is 346 g/mol. The molecule has 6 heteroatoms. The molecule has 0 spiro atoms. The van der Waals surface area contributed by atoms with E-state index >= 15 is 0 Å². The quantitative estimate of drug-likeness (QED) is 0.764. The van der Waals surface area contributed by atoms with Crippen LogP contribution in [0.1, 0.15) is 23.2 Å². The van der Waals surface area contributed by atoms with E-state index in [-0.39, 0.29) is 11.9 Å². The number of hydrogen-bond donors (Lipinski definition) is 1. The van der Waals surface area contributed by atoms with E-state index in [1.54, 1.807) is 24.0 Å². The third kappa shape index (κ3) is 3.37. The zero-order valence-electron chi connectivity index (χ0n) is 14.6. The zero-order chi connectivity index (χ0) is 17.9. The predicted octanol–water partition coefficient (Wildman–Crippen LogP) is 3.70. The van der Waals surface area contributed by atoms with Gasteiger partial charge in [-0.15, -0.1) is 11.3 Å². The Morgan fingerprint density at radius 3 is 2.85 bits per heavy atom. The minimum atomic E-state index is -0.00367. The Morgan fingerprint density at radius 1 is 1.23 bits per heavy atom. The van der Waals surface area contributed by atoms with Crippen molar-refractivity contribution in [2.45, 2.75) is 18.9 Å². The van der Waals surface area contributed by atoms with Crippen molar-refractivity contribution in [2.24, 2.45) is 0 Å². The first kappa shape index (κ1) is 16.8. The van der Waals surface area contributed by atoms with E-state index in [1.165, 1.54) is 0 Å². The first-order chi connectivity index (χ1) is 12.7. The number of ether oxygens (including phenoxy) is 1. The molecule has 26 heavy (non-hydrogen) atoms. The summed E-state index contributed by atoms with van der Waals surface area (Å²) in [4.78, 5) is 19.2. The van der Waals surface area contributed by atoms with E-state index < -0.39 is 0 Å². The highest BCUT2D eigenvalue weighted by atomic mass is 32.1. The molecular formula is C20H21N3O2S. The number of nitrogens with zero attached hydrogens (tertiary/aromatic N) is 2. The highest BCUT2D eigenvalue weighted by Crippen LogP contribution is 2.30. The van der Waals surface area contributed by atoms with Gasteiger partial charge in [0.25, 0.3) is 5.91 Å². The number of thiazole rings is 1. The number of aromatic nitrogens is 1. The molecule has 4 rings (SSSR count). The summed E-state index contributed by atoms with van der Waals surface area (Å²) in [6.45, 7) is 1.80. The fourth-order valence-corrected chi connectivity index (χ4v) is 4.14. The van der Waals surface area contributed by atoms with Crippen LogP contribution in [0.3, 0.4) is 0 Å². The molecule has 3 aromatic rings. The van der Waals surface area contributed by atoms with Gasteiger partial charge < -0.3 is 15.0 Å². The molecule has 0 radical (unpaired) electrons. The van der Waals surface area contributed by atoms with Crippen LogP contribution in [0.4, 0.5) is 5.69 Å². The number of hydrogen-bond acceptors (Lipinski definition) is 5. The SMILES string of the molecule is COc1ccccc1N1CCC(NC(=O)c2ccc3ncsc3c2)CC1. The molecule has 1 fully saturated rings. The van der Waals surface area contributed by atoms with Crippen molar-refractivity contribution >= 4 is 33.1 Å². The number of nitrogens with one attached hydrogen (secondary N) is 1. The normalized spacial score (nSPS) is 15.2. The van der Waals surface area contributed by atoms with Crippen molar-refractivity contribution in [2.75, 3.05) is 25.1 Å². The summed E-state index contributed by atoms with van der Waals surface area (Å²) in [6, 6.07) is 14.0. The van der Waals surface area contributed by atoms with Gasteiger partial charge in [0.05, 0.1) is 28.5 Å². The Morgan fingerprint density at radius 2 is 2.04 bits per heavy atom. The summed E-state index contributed by atoms with van der Waals surface area (Å²) in [6.07, 6.45) is 1.85. The molecule has 0 atom stereocenters. The van der Waals surface area contributed by atoms with Gasteiger partial charge in [-0.25, -0.2) is 4.98 Å². The summed E-state index contributed by atoms with van der Waals surface area (Å²) >= 11 is 1.56. The van der Waals surface area contributed by atoms with Crippen LogP contribution in [0.2, 0.25) is 0 Å². The summed E-state index contributed by atoms with van der Waals surface area (Å²) in [5.74, 6) is 0.892. The van der Waals surface area contributed by atoms with Gasteiger partial charge in [-0.1, -0.05) is 12.1 Å². The number of anilines is 1. The molecule has 0 bridgehead atoms. The van der Waals surface area contributed by atoms with Crippen LogP contribution in [0.25, 0.3) is 10.2 Å². The summed E-state index contributed by atoms with van der Waals surface area (Å²) in [7, 11) is 1.70. The molecule has 1 aromatic heterocycles. The second kappa shape index (κ2) is 7.33. The average Bonchev–Trinajstić information content (AvgIpc) is 3.16. The lowest BCUT2D eigenvalue weighted by molar-refractivity contribution is 0.0931. The van der Waals surface area contributed by atoms with Gasteiger partial charge in [0.2, 0.25) is 0 Å². The number of carbonyl (C=O) groups is 1. The molecule has 5 nitrogen and oxygen atoms in total. The Kier molecular flexibility index (Phi) is 4.75. The van der Waals surface area contributed by atoms with Gasteiger partial charge in [0.15, 0.2) is 0 Å². The molecule has 0 saturated carbocycles. The highest BCUT2D eigenvalue weighted by molar-refractivity contribution is 7.16. The summed E-state index contributed by atoms with van der Waals surface area (Å²) in [5.41, 5.74) is 4.57. The number of piperidine rings is 1. The smallest absolute Gasteiger partial charge is 0.251 e. The van der Waals surface area contributed by atoms with Crippen LogP contribution >= 0.6 is 11.3 Å². The molecule has 134 valence electrons. The maximum Gasteiger partial charge on any atom is 0.251 e. The van der Waals surface area contributed by atoms with E-state index in [0.717, 1.165) is 47.6 Å². The fourth-order valence-electron chi connectivity index (χ4n) is 3.42. The van der Waals surface area contributed by atoms with E-state index in [9.17, 15) is 4.79 Å². The van der Waals surface area contributed by atoms with Gasteiger partial charge in [0, 0.05) is 24.7 Å². The fraction of sp³-hybridized carbons (Fsp3) is 0.300. The van der Waals surface area contributed by atoms with Gasteiger partial charge >= 0.3 is 0 Å². The highest BCUT2D eigenvalue weighted by Gasteiger charge is 2.23. The lowest BCUT2D eigenvalue weighted by Crippen LogP contribution is -2.44. The molecule has 1 N–H and O–H groups in total. The van der Waals surface area contributed by atoms with Crippen molar-refractivity contribution < 1.29 is 9.53 Å². The second-order valence-corrected chi connectivity index (χ2v) is 7.33. The van der Waals surface area contributed by atoms with Crippen LogP contribution in [0.5, 0.6) is 5.75 Å². The van der Waals surface area contributed by atoms with Gasteiger partial charge in [0.1, 0.15) is 5.75 Å². The molecule has 1 saturated heterocycles. The second-order valence-electron chi connectivity index (χ2n) is 6.44. The standard InChI is InChI=1S/C20H21N3O2S/c1-25-18-5-3-2-4-17(18)23-10-8-15(9-11-23)22-20(24)14-6-7-16-19(12-14)26-13-21-16/h2-7,12-13,15H,8-11H2,1H3,(H,22,24). The van der Waals surface area contributed by atoms with Crippen molar-refractivity contribution in [1.82, 2.24) is 10.3 Å². The van der Waals surface area contributed by atoms with Gasteiger partial charge in [-0.2, -0.15) is 0 Å². The van der Waals surface area contributed by atoms with Crippen molar-refractivity contribution in [3.63, 3.8) is 0 Å². The van der Waals surface area contributed by atoms with Crippen LogP contribution in [-0.4, -0.2) is 37.1 Å². The first-order valence-electron chi connectivity index (χ1n) is 8.76. The number of fused-ring (bicyclic) bond motifs is 1. The van der Waals surface area contributed by atoms with Gasteiger partial charge in [-0.05, 0) is 43.2 Å². The van der Waals surface area contributed by atoms with Crippen LogP contribution < -0.4 is 15.0 Å². The van der Waals surface area contributed by atoms with Crippen LogP contribution in [-0.2, 0) is 0 Å². The van der Waals surface area contributed by atoms with E-state index in [2.05, 4.69) is 21.3 Å². The molecule has 0 unspecified atom stereocenters. The Hall–Kier alpha value is -2.60.